The maximum absolute atomic E-state index is 12.5. The van der Waals surface area contributed by atoms with Crippen LogP contribution in [0, 0.1) is 0 Å². The van der Waals surface area contributed by atoms with Crippen LogP contribution in [0.25, 0.3) is 0 Å². The molecule has 1 N–H and O–H groups in total. The van der Waals surface area contributed by atoms with Crippen molar-refractivity contribution in [2.45, 2.75) is 161 Å². The molecule has 0 bridgehead atoms. The van der Waals surface area contributed by atoms with E-state index in [2.05, 4.69) is 103 Å². The van der Waals surface area contributed by atoms with Gasteiger partial charge in [0.1, 0.15) is 6.61 Å². The summed E-state index contributed by atoms with van der Waals surface area (Å²) in [6.45, 7) is 3.61. The van der Waals surface area contributed by atoms with E-state index >= 15 is 0 Å². The third kappa shape index (κ3) is 38.8. The van der Waals surface area contributed by atoms with E-state index in [-0.39, 0.29) is 19.4 Å². The van der Waals surface area contributed by atoms with Gasteiger partial charge in [-0.3, -0.25) is 18.6 Å². The minimum Gasteiger partial charge on any atom is -0.462 e. The lowest BCUT2D eigenvalue weighted by Gasteiger charge is -2.19. The fourth-order valence-corrected chi connectivity index (χ4v) is 5.53. The van der Waals surface area contributed by atoms with Gasteiger partial charge in [-0.15, -0.1) is 0 Å². The van der Waals surface area contributed by atoms with Crippen molar-refractivity contribution in [3.05, 3.63) is 85.1 Å². The molecule has 0 aromatic carbocycles. The highest BCUT2D eigenvalue weighted by atomic mass is 31.2. The number of unbranched alkanes of at least 4 members (excludes halogenated alkanes) is 11. The van der Waals surface area contributed by atoms with Crippen LogP contribution in [-0.2, 0) is 32.7 Å². The Morgan fingerprint density at radius 3 is 1.36 bits per heavy atom. The Hall–Kier alpha value is -2.77. The van der Waals surface area contributed by atoms with Crippen molar-refractivity contribution in [2.75, 3.05) is 20.3 Å². The SMILES string of the molecule is CC/C=C\C/C=C\C/C=C\C/C=C\CCCCCCCCCCC(=O)OC(COC(=O)CCCCC/C=C\C/C=C\C/C=C\CC)COP(=O)(O)OC. The van der Waals surface area contributed by atoms with Gasteiger partial charge in [0.25, 0.3) is 0 Å². The molecule has 8 nitrogen and oxygen atoms in total. The molecule has 0 saturated carbocycles. The molecule has 0 heterocycles. The predicted octanol–water partition coefficient (Wildman–Crippen LogP) is 12.7. The number of phosphoric acid groups is 1. The minimum absolute atomic E-state index is 0.224. The van der Waals surface area contributed by atoms with Crippen molar-refractivity contribution in [1.82, 2.24) is 0 Å². The normalized spacial score (nSPS) is 14.3. The Morgan fingerprint density at radius 2 is 0.906 bits per heavy atom. The number of esters is 2. The van der Waals surface area contributed by atoms with Crippen LogP contribution in [0.3, 0.4) is 0 Å². The highest BCUT2D eigenvalue weighted by Gasteiger charge is 2.24. The van der Waals surface area contributed by atoms with Gasteiger partial charge in [-0.25, -0.2) is 4.57 Å². The fraction of sp³-hybridized carbons (Fsp3) is 0.636. The topological polar surface area (TPSA) is 108 Å². The zero-order chi connectivity index (χ0) is 38.9. The summed E-state index contributed by atoms with van der Waals surface area (Å²) in [5, 5.41) is 0. The van der Waals surface area contributed by atoms with E-state index in [0.29, 0.717) is 12.8 Å². The molecule has 0 saturated heterocycles. The number of rotatable bonds is 36. The van der Waals surface area contributed by atoms with Crippen LogP contribution in [0.15, 0.2) is 85.1 Å². The number of hydrogen-bond acceptors (Lipinski definition) is 7. The molecule has 0 radical (unpaired) electrons. The molecule has 302 valence electrons. The standard InChI is InChI=1S/C44H73O8P/c1-4-6-8-10-12-14-16-18-19-20-21-22-23-24-25-27-29-31-33-35-37-39-44(46)52-42(41-51-53(47,48)49-3)40-50-43(45)38-36-34-32-30-28-26-17-15-13-11-9-7-5-2/h6-9,12-15,18-19,21-22,26,28,42H,4-5,10-11,16-17,20,23-25,27,29-41H2,1-3H3,(H,47,48)/b8-6-,9-7-,14-12-,15-13-,19-18-,22-21-,28-26-. The van der Waals surface area contributed by atoms with Crippen LogP contribution in [0.5, 0.6) is 0 Å². The monoisotopic (exact) mass is 761 g/mol. The Kier molecular flexibility index (Phi) is 36.9. The third-order valence-corrected chi connectivity index (χ3v) is 9.07. The molecule has 0 rings (SSSR count). The van der Waals surface area contributed by atoms with Gasteiger partial charge < -0.3 is 14.4 Å². The first-order valence-electron chi connectivity index (χ1n) is 20.3. The summed E-state index contributed by atoms with van der Waals surface area (Å²) in [4.78, 5) is 34.4. The first-order valence-corrected chi connectivity index (χ1v) is 21.8. The van der Waals surface area contributed by atoms with Gasteiger partial charge >= 0.3 is 19.8 Å². The van der Waals surface area contributed by atoms with Crippen LogP contribution >= 0.6 is 7.82 Å². The van der Waals surface area contributed by atoms with Gasteiger partial charge in [0.05, 0.1) is 6.61 Å². The first-order chi connectivity index (χ1) is 25.8. The van der Waals surface area contributed by atoms with Gasteiger partial charge in [0.15, 0.2) is 6.10 Å². The average Bonchev–Trinajstić information content (AvgIpc) is 3.15. The summed E-state index contributed by atoms with van der Waals surface area (Å²) in [6, 6.07) is 0. The minimum atomic E-state index is -4.27. The quantitative estimate of drug-likeness (QED) is 0.0291. The summed E-state index contributed by atoms with van der Waals surface area (Å²) >= 11 is 0. The molecule has 0 aliphatic heterocycles. The molecule has 53 heavy (non-hydrogen) atoms. The maximum Gasteiger partial charge on any atom is 0.472 e. The van der Waals surface area contributed by atoms with E-state index in [9.17, 15) is 19.0 Å². The van der Waals surface area contributed by atoms with Crippen LogP contribution in [0.1, 0.15) is 155 Å². The zero-order valence-electron chi connectivity index (χ0n) is 33.4. The highest BCUT2D eigenvalue weighted by molar-refractivity contribution is 7.47. The van der Waals surface area contributed by atoms with Gasteiger partial charge in [-0.05, 0) is 83.5 Å². The molecule has 2 atom stereocenters. The summed E-state index contributed by atoms with van der Waals surface area (Å²) < 4.78 is 31.9. The van der Waals surface area contributed by atoms with E-state index in [4.69, 9.17) is 14.0 Å². The van der Waals surface area contributed by atoms with E-state index in [0.717, 1.165) is 97.0 Å². The molecule has 0 fully saturated rings. The van der Waals surface area contributed by atoms with Gasteiger partial charge in [0, 0.05) is 20.0 Å². The number of allylic oxidation sites excluding steroid dienone is 14. The largest absolute Gasteiger partial charge is 0.472 e. The lowest BCUT2D eigenvalue weighted by Crippen LogP contribution is -2.29. The zero-order valence-corrected chi connectivity index (χ0v) is 34.3. The second-order valence-corrected chi connectivity index (χ2v) is 14.6. The molecular weight excluding hydrogens is 687 g/mol. The lowest BCUT2D eigenvalue weighted by molar-refractivity contribution is -0.161. The molecule has 0 aliphatic rings. The van der Waals surface area contributed by atoms with Crippen LogP contribution < -0.4 is 0 Å². The molecule has 9 heteroatoms. The molecular formula is C44H73O8P. The average molecular weight is 761 g/mol. The Balaban J connectivity index is 4.07. The Labute approximate surface area is 323 Å². The Morgan fingerprint density at radius 1 is 0.528 bits per heavy atom. The molecule has 0 aromatic rings. The summed E-state index contributed by atoms with van der Waals surface area (Å²) in [6.07, 6.45) is 50.7. The van der Waals surface area contributed by atoms with Crippen LogP contribution in [0.4, 0.5) is 0 Å². The van der Waals surface area contributed by atoms with E-state index in [1.54, 1.807) is 0 Å². The highest BCUT2D eigenvalue weighted by Crippen LogP contribution is 2.42. The van der Waals surface area contributed by atoms with Crippen molar-refractivity contribution < 1.29 is 37.6 Å². The van der Waals surface area contributed by atoms with E-state index in [1.807, 2.05) is 0 Å². The summed E-state index contributed by atoms with van der Waals surface area (Å²) in [5.74, 6) is -0.856. The lowest BCUT2D eigenvalue weighted by atomic mass is 10.1. The van der Waals surface area contributed by atoms with Gasteiger partial charge in [-0.2, -0.15) is 0 Å². The molecule has 0 amide bonds. The van der Waals surface area contributed by atoms with Crippen molar-refractivity contribution in [2.24, 2.45) is 0 Å². The number of carbonyl (C=O) groups excluding carboxylic acids is 2. The van der Waals surface area contributed by atoms with Crippen LogP contribution in [-0.4, -0.2) is 43.3 Å². The number of carbonyl (C=O) groups is 2. The van der Waals surface area contributed by atoms with Crippen molar-refractivity contribution >= 4 is 19.8 Å². The second-order valence-electron chi connectivity index (χ2n) is 13.0. The van der Waals surface area contributed by atoms with Crippen molar-refractivity contribution in [3.63, 3.8) is 0 Å². The fourth-order valence-electron chi connectivity index (χ4n) is 5.07. The summed E-state index contributed by atoms with van der Waals surface area (Å²) in [5.41, 5.74) is 0. The molecule has 2 unspecified atom stereocenters. The third-order valence-electron chi connectivity index (χ3n) is 8.13. The first kappa shape index (κ1) is 50.2. The smallest absolute Gasteiger partial charge is 0.462 e. The molecule has 0 aliphatic carbocycles. The van der Waals surface area contributed by atoms with Crippen LogP contribution in [0.2, 0.25) is 0 Å². The second kappa shape index (κ2) is 38.9. The van der Waals surface area contributed by atoms with Crippen molar-refractivity contribution in [3.8, 4) is 0 Å². The number of ether oxygens (including phenoxy) is 2. The molecule has 0 spiro atoms. The molecule has 0 aromatic heterocycles. The summed E-state index contributed by atoms with van der Waals surface area (Å²) in [7, 11) is -3.22. The maximum atomic E-state index is 12.5. The number of hydrogen-bond donors (Lipinski definition) is 1. The Bertz CT molecular complexity index is 1130. The van der Waals surface area contributed by atoms with Gasteiger partial charge in [0.2, 0.25) is 0 Å². The predicted molar refractivity (Wildman–Crippen MR) is 221 cm³/mol. The van der Waals surface area contributed by atoms with Crippen molar-refractivity contribution in [1.29, 1.82) is 0 Å². The van der Waals surface area contributed by atoms with Gasteiger partial charge in [-0.1, -0.05) is 144 Å². The van der Waals surface area contributed by atoms with E-state index < -0.39 is 32.5 Å². The van der Waals surface area contributed by atoms with E-state index in [1.165, 1.54) is 25.7 Å². The number of phosphoric ester groups is 1.